The van der Waals surface area contributed by atoms with E-state index in [-0.39, 0.29) is 23.2 Å². The molecule has 0 spiro atoms. The van der Waals surface area contributed by atoms with Crippen LogP contribution in [0.15, 0.2) is 60.7 Å². The van der Waals surface area contributed by atoms with Gasteiger partial charge in [0.15, 0.2) is 0 Å². The van der Waals surface area contributed by atoms with E-state index in [2.05, 4.69) is 5.32 Å². The molecular weight excluding hydrogens is 362 g/mol. The lowest BCUT2D eigenvalue weighted by Gasteiger charge is -2.40. The zero-order valence-electron chi connectivity index (χ0n) is 14.7. The van der Waals surface area contributed by atoms with Crippen LogP contribution in [0.2, 0.25) is 0 Å². The quantitative estimate of drug-likeness (QED) is 0.794. The van der Waals surface area contributed by atoms with Crippen molar-refractivity contribution in [2.24, 2.45) is 0 Å². The van der Waals surface area contributed by atoms with Crippen LogP contribution >= 0.6 is 11.8 Å². The van der Waals surface area contributed by atoms with Gasteiger partial charge in [0.05, 0.1) is 22.5 Å². The standard InChI is InChI=1S/C21H21NO4S/c23-18-17-16(26-20(25)15-9-5-2-6-10-15)11-12-21(18,13-27-17)22-19(24)14-7-3-1-4-8-14/h1-10,16-18,23H,11-13H2,(H,22,24)/t16-,17+,18+,21-/m1/s1. The van der Waals surface area contributed by atoms with Gasteiger partial charge in [-0.05, 0) is 37.1 Å². The summed E-state index contributed by atoms with van der Waals surface area (Å²) in [6.07, 6.45) is 0.0742. The van der Waals surface area contributed by atoms with E-state index in [4.69, 9.17) is 4.74 Å². The Bertz CT molecular complexity index is 829. The summed E-state index contributed by atoms with van der Waals surface area (Å²) in [7, 11) is 0. The minimum absolute atomic E-state index is 0.185. The minimum atomic E-state index is -0.752. The van der Waals surface area contributed by atoms with Gasteiger partial charge in [-0.3, -0.25) is 4.79 Å². The molecule has 1 saturated carbocycles. The number of carbonyl (C=O) groups is 2. The van der Waals surface area contributed by atoms with Crippen molar-refractivity contribution in [1.29, 1.82) is 0 Å². The number of fused-ring (bicyclic) bond motifs is 2. The predicted molar refractivity (Wildman–Crippen MR) is 104 cm³/mol. The van der Waals surface area contributed by atoms with Crippen LogP contribution in [0.25, 0.3) is 0 Å². The molecule has 1 heterocycles. The summed E-state index contributed by atoms with van der Waals surface area (Å²) in [4.78, 5) is 24.9. The molecule has 2 N–H and O–H groups in total. The molecule has 2 aliphatic rings. The summed E-state index contributed by atoms with van der Waals surface area (Å²) in [5.41, 5.74) is 0.409. The molecule has 4 atom stereocenters. The van der Waals surface area contributed by atoms with E-state index in [1.807, 2.05) is 24.3 Å². The van der Waals surface area contributed by atoms with Crippen molar-refractivity contribution in [1.82, 2.24) is 5.32 Å². The summed E-state index contributed by atoms with van der Waals surface area (Å²) < 4.78 is 5.68. The topological polar surface area (TPSA) is 75.6 Å². The molecule has 2 aromatic carbocycles. The van der Waals surface area contributed by atoms with Crippen LogP contribution in [0.1, 0.15) is 33.6 Å². The lowest BCUT2D eigenvalue weighted by atomic mass is 9.79. The van der Waals surface area contributed by atoms with Crippen LogP contribution in [-0.4, -0.2) is 45.7 Å². The Morgan fingerprint density at radius 1 is 1.04 bits per heavy atom. The Balaban J connectivity index is 1.44. The molecule has 2 fully saturated rings. The third-order valence-electron chi connectivity index (χ3n) is 5.32. The van der Waals surface area contributed by atoms with Gasteiger partial charge < -0.3 is 15.2 Å². The maximum absolute atomic E-state index is 12.6. The number of ether oxygens (including phenoxy) is 1. The summed E-state index contributed by atoms with van der Waals surface area (Å²) in [5, 5.41) is 13.7. The fraction of sp³-hybridized carbons (Fsp3) is 0.333. The Morgan fingerprint density at radius 2 is 1.67 bits per heavy atom. The fourth-order valence-corrected chi connectivity index (χ4v) is 5.52. The lowest BCUT2D eigenvalue weighted by Crippen LogP contribution is -2.61. The van der Waals surface area contributed by atoms with Crippen LogP contribution < -0.4 is 5.32 Å². The first-order chi connectivity index (χ1) is 13.1. The van der Waals surface area contributed by atoms with Gasteiger partial charge in [-0.1, -0.05) is 36.4 Å². The molecule has 4 rings (SSSR count). The molecule has 2 bridgehead atoms. The summed E-state index contributed by atoms with van der Waals surface area (Å²) in [5.74, 6) is 0.0494. The average Bonchev–Trinajstić information content (AvgIpc) is 2.90. The smallest absolute Gasteiger partial charge is 0.338 e. The molecule has 0 unspecified atom stereocenters. The van der Waals surface area contributed by atoms with Gasteiger partial charge in [-0.2, -0.15) is 0 Å². The second-order valence-electron chi connectivity index (χ2n) is 7.05. The Morgan fingerprint density at radius 3 is 2.33 bits per heavy atom. The van der Waals surface area contributed by atoms with Crippen molar-refractivity contribution in [3.63, 3.8) is 0 Å². The van der Waals surface area contributed by atoms with Crippen LogP contribution in [0.5, 0.6) is 0 Å². The number of esters is 1. The van der Waals surface area contributed by atoms with Gasteiger partial charge in [0.1, 0.15) is 6.10 Å². The van der Waals surface area contributed by atoms with Gasteiger partial charge >= 0.3 is 5.97 Å². The molecule has 2 aromatic rings. The molecule has 5 nitrogen and oxygen atoms in total. The number of benzene rings is 2. The number of hydrogen-bond acceptors (Lipinski definition) is 5. The fourth-order valence-electron chi connectivity index (χ4n) is 3.80. The number of aliphatic hydroxyl groups excluding tert-OH is 1. The first kappa shape index (κ1) is 18.1. The van der Waals surface area contributed by atoms with E-state index in [0.29, 0.717) is 29.7 Å². The largest absolute Gasteiger partial charge is 0.457 e. The maximum atomic E-state index is 12.6. The molecule has 140 valence electrons. The second-order valence-corrected chi connectivity index (χ2v) is 8.21. The number of aliphatic hydroxyl groups is 1. The number of carbonyl (C=O) groups excluding carboxylic acids is 2. The Kier molecular flexibility index (Phi) is 4.93. The van der Waals surface area contributed by atoms with Gasteiger partial charge in [0, 0.05) is 11.3 Å². The Labute approximate surface area is 162 Å². The van der Waals surface area contributed by atoms with Crippen LogP contribution in [0.3, 0.4) is 0 Å². The highest BCUT2D eigenvalue weighted by Crippen LogP contribution is 2.46. The van der Waals surface area contributed by atoms with Gasteiger partial charge in [0.2, 0.25) is 0 Å². The second kappa shape index (κ2) is 7.37. The van der Waals surface area contributed by atoms with Crippen molar-refractivity contribution >= 4 is 23.6 Å². The summed E-state index contributed by atoms with van der Waals surface area (Å²) in [6.45, 7) is 0. The molecule has 1 amide bonds. The van der Waals surface area contributed by atoms with Crippen molar-refractivity contribution in [2.75, 3.05) is 5.75 Å². The zero-order valence-corrected chi connectivity index (χ0v) is 15.5. The van der Waals surface area contributed by atoms with Gasteiger partial charge in [-0.25, -0.2) is 4.79 Å². The maximum Gasteiger partial charge on any atom is 0.338 e. The van der Waals surface area contributed by atoms with E-state index in [0.717, 1.165) is 0 Å². The molecule has 1 aliphatic carbocycles. The number of rotatable bonds is 4. The van der Waals surface area contributed by atoms with Gasteiger partial charge in [-0.15, -0.1) is 11.8 Å². The van der Waals surface area contributed by atoms with E-state index < -0.39 is 11.6 Å². The van der Waals surface area contributed by atoms with E-state index in [1.54, 1.807) is 48.2 Å². The first-order valence-electron chi connectivity index (χ1n) is 9.02. The Hall–Kier alpha value is -2.31. The van der Waals surface area contributed by atoms with E-state index in [1.165, 1.54) is 0 Å². The number of amides is 1. The van der Waals surface area contributed by atoms with E-state index in [9.17, 15) is 14.7 Å². The molecular formula is C21H21NO4S. The molecule has 1 saturated heterocycles. The van der Waals surface area contributed by atoms with Gasteiger partial charge in [0.25, 0.3) is 5.91 Å². The van der Waals surface area contributed by atoms with Crippen molar-refractivity contribution in [3.05, 3.63) is 71.8 Å². The highest BCUT2D eigenvalue weighted by atomic mass is 32.2. The normalized spacial score (nSPS) is 29.1. The number of hydrogen-bond donors (Lipinski definition) is 2. The predicted octanol–water partition coefficient (Wildman–Crippen LogP) is 2.65. The monoisotopic (exact) mass is 383 g/mol. The molecule has 0 aromatic heterocycles. The summed E-state index contributed by atoms with van der Waals surface area (Å²) >= 11 is 1.56. The van der Waals surface area contributed by atoms with E-state index >= 15 is 0 Å². The summed E-state index contributed by atoms with van der Waals surface area (Å²) in [6, 6.07) is 17.9. The van der Waals surface area contributed by atoms with Crippen molar-refractivity contribution in [2.45, 2.75) is 35.8 Å². The highest BCUT2D eigenvalue weighted by molar-refractivity contribution is 8.00. The third kappa shape index (κ3) is 3.47. The number of thioether (sulfide) groups is 1. The molecule has 6 heteroatoms. The molecule has 0 radical (unpaired) electrons. The average molecular weight is 383 g/mol. The SMILES string of the molecule is O=C(N[C@]12CC[C@@H](OC(=O)c3ccccc3)[C@H](SC1)[C@@H]2O)c1ccccc1. The zero-order chi connectivity index (χ0) is 18.9. The third-order valence-corrected chi connectivity index (χ3v) is 6.95. The highest BCUT2D eigenvalue weighted by Gasteiger charge is 2.56. The van der Waals surface area contributed by atoms with Crippen LogP contribution in [-0.2, 0) is 4.74 Å². The molecule has 1 aliphatic heterocycles. The van der Waals surface area contributed by atoms with Crippen molar-refractivity contribution in [3.8, 4) is 0 Å². The molecule has 27 heavy (non-hydrogen) atoms. The van der Waals surface area contributed by atoms with Crippen LogP contribution in [0, 0.1) is 0 Å². The van der Waals surface area contributed by atoms with Crippen LogP contribution in [0.4, 0.5) is 0 Å². The van der Waals surface area contributed by atoms with Crippen molar-refractivity contribution < 1.29 is 19.4 Å². The number of nitrogens with one attached hydrogen (secondary N) is 1. The first-order valence-corrected chi connectivity index (χ1v) is 10.1. The lowest BCUT2D eigenvalue weighted by molar-refractivity contribution is -0.0227. The minimum Gasteiger partial charge on any atom is -0.457 e.